The summed E-state index contributed by atoms with van der Waals surface area (Å²) >= 11 is 2.05. The SMILES string of the molecule is O=[N+]([O-])c1ccc(O)cc1CN1CCS[C@H]2CCCC[C@H]21. The Kier molecular flexibility index (Phi) is 4.35. The van der Waals surface area contributed by atoms with Gasteiger partial charge >= 0.3 is 0 Å². The quantitative estimate of drug-likeness (QED) is 0.686. The number of rotatable bonds is 3. The summed E-state index contributed by atoms with van der Waals surface area (Å²) in [6.07, 6.45) is 4.99. The van der Waals surface area contributed by atoms with E-state index in [2.05, 4.69) is 16.7 Å². The Balaban J connectivity index is 1.82. The molecule has 1 saturated heterocycles. The third-order valence-corrected chi connectivity index (χ3v) is 5.88. The van der Waals surface area contributed by atoms with Crippen molar-refractivity contribution in [2.75, 3.05) is 12.3 Å². The summed E-state index contributed by atoms with van der Waals surface area (Å²) in [5, 5.41) is 21.5. The molecule has 2 fully saturated rings. The predicted octanol–water partition coefficient (Wildman–Crippen LogP) is 3.16. The molecule has 0 aromatic heterocycles. The fourth-order valence-electron chi connectivity index (χ4n) is 3.47. The molecule has 1 aromatic carbocycles. The number of phenols is 1. The molecule has 0 radical (unpaired) electrons. The molecule has 0 unspecified atom stereocenters. The minimum atomic E-state index is -0.355. The maximum absolute atomic E-state index is 11.2. The highest BCUT2D eigenvalue weighted by atomic mass is 32.2. The largest absolute Gasteiger partial charge is 0.508 e. The highest BCUT2D eigenvalue weighted by Crippen LogP contribution is 2.37. The summed E-state index contributed by atoms with van der Waals surface area (Å²) in [4.78, 5) is 13.2. The van der Waals surface area contributed by atoms with Gasteiger partial charge < -0.3 is 5.11 Å². The summed E-state index contributed by atoms with van der Waals surface area (Å²) in [5.41, 5.74) is 0.731. The van der Waals surface area contributed by atoms with Crippen LogP contribution < -0.4 is 0 Å². The Morgan fingerprint density at radius 3 is 3.00 bits per heavy atom. The predicted molar refractivity (Wildman–Crippen MR) is 83.7 cm³/mol. The van der Waals surface area contributed by atoms with E-state index in [9.17, 15) is 15.2 Å². The normalized spacial score (nSPS) is 26.3. The lowest BCUT2D eigenvalue weighted by atomic mass is 9.93. The summed E-state index contributed by atoms with van der Waals surface area (Å²) < 4.78 is 0. The zero-order valence-electron chi connectivity index (χ0n) is 11.9. The lowest BCUT2D eigenvalue weighted by Gasteiger charge is -2.43. The standard InChI is InChI=1S/C15H20N2O3S/c18-12-5-6-13(17(19)20)11(9-12)10-16-7-8-21-15-4-2-1-3-14(15)16/h5-6,9,14-15,18H,1-4,7-8,10H2/t14-,15+/m1/s1. The Bertz CT molecular complexity index is 536. The van der Waals surface area contributed by atoms with Gasteiger partial charge in [-0.15, -0.1) is 0 Å². The van der Waals surface area contributed by atoms with Gasteiger partial charge in [0.25, 0.3) is 5.69 Å². The molecule has 114 valence electrons. The highest BCUT2D eigenvalue weighted by Gasteiger charge is 2.34. The van der Waals surface area contributed by atoms with Gasteiger partial charge in [0.2, 0.25) is 0 Å². The molecule has 1 aliphatic carbocycles. The van der Waals surface area contributed by atoms with Crippen molar-refractivity contribution in [3.05, 3.63) is 33.9 Å². The van der Waals surface area contributed by atoms with Crippen LogP contribution >= 0.6 is 11.8 Å². The van der Waals surface area contributed by atoms with Crippen molar-refractivity contribution in [3.63, 3.8) is 0 Å². The molecule has 1 aromatic rings. The molecular weight excluding hydrogens is 288 g/mol. The molecule has 0 amide bonds. The molecule has 1 aliphatic heterocycles. The molecule has 2 atom stereocenters. The number of aromatic hydroxyl groups is 1. The number of nitro benzene ring substituents is 1. The second kappa shape index (κ2) is 6.23. The zero-order chi connectivity index (χ0) is 14.8. The van der Waals surface area contributed by atoms with Crippen molar-refractivity contribution in [1.29, 1.82) is 0 Å². The second-order valence-corrected chi connectivity index (χ2v) is 7.15. The van der Waals surface area contributed by atoms with Crippen LogP contribution in [0.4, 0.5) is 5.69 Å². The monoisotopic (exact) mass is 308 g/mol. The Morgan fingerprint density at radius 1 is 1.38 bits per heavy atom. The van der Waals surface area contributed by atoms with Crippen molar-refractivity contribution in [3.8, 4) is 5.75 Å². The molecule has 6 heteroatoms. The molecule has 0 bridgehead atoms. The summed E-state index contributed by atoms with van der Waals surface area (Å²) in [6, 6.07) is 4.86. The number of nitro groups is 1. The number of hydrogen-bond acceptors (Lipinski definition) is 5. The van der Waals surface area contributed by atoms with Crippen LogP contribution in [-0.2, 0) is 6.54 Å². The van der Waals surface area contributed by atoms with E-state index in [4.69, 9.17) is 0 Å². The fraction of sp³-hybridized carbons (Fsp3) is 0.600. The number of nitrogens with zero attached hydrogens (tertiary/aromatic N) is 2. The van der Waals surface area contributed by atoms with Gasteiger partial charge in [-0.25, -0.2) is 0 Å². The van der Waals surface area contributed by atoms with Crippen LogP contribution in [0.25, 0.3) is 0 Å². The van der Waals surface area contributed by atoms with Gasteiger partial charge in [0.1, 0.15) is 5.75 Å². The van der Waals surface area contributed by atoms with Gasteiger partial charge in [-0.05, 0) is 25.0 Å². The minimum Gasteiger partial charge on any atom is -0.508 e. The summed E-state index contributed by atoms with van der Waals surface area (Å²) in [6.45, 7) is 1.53. The Labute approximate surface area is 128 Å². The van der Waals surface area contributed by atoms with Crippen LogP contribution in [0.2, 0.25) is 0 Å². The van der Waals surface area contributed by atoms with Crippen molar-refractivity contribution < 1.29 is 10.0 Å². The first kappa shape index (κ1) is 14.7. The molecule has 5 nitrogen and oxygen atoms in total. The van der Waals surface area contributed by atoms with Crippen LogP contribution in [0, 0.1) is 10.1 Å². The zero-order valence-corrected chi connectivity index (χ0v) is 12.7. The van der Waals surface area contributed by atoms with Crippen molar-refractivity contribution in [2.24, 2.45) is 0 Å². The van der Waals surface area contributed by atoms with Crippen molar-refractivity contribution in [1.82, 2.24) is 4.90 Å². The number of phenolic OH excluding ortho intramolecular Hbond substituents is 1. The minimum absolute atomic E-state index is 0.0992. The van der Waals surface area contributed by atoms with Gasteiger partial charge in [0, 0.05) is 41.8 Å². The maximum Gasteiger partial charge on any atom is 0.274 e. The molecule has 21 heavy (non-hydrogen) atoms. The van der Waals surface area contributed by atoms with E-state index in [1.807, 2.05) is 0 Å². The summed E-state index contributed by atoms with van der Waals surface area (Å²) in [7, 11) is 0. The van der Waals surface area contributed by atoms with E-state index < -0.39 is 0 Å². The van der Waals surface area contributed by atoms with Gasteiger partial charge in [-0.1, -0.05) is 12.8 Å². The lowest BCUT2D eigenvalue weighted by Crippen LogP contribution is -2.48. The smallest absolute Gasteiger partial charge is 0.274 e. The molecule has 1 N–H and O–H groups in total. The first-order valence-electron chi connectivity index (χ1n) is 7.47. The van der Waals surface area contributed by atoms with Gasteiger partial charge in [0.05, 0.1) is 4.92 Å². The van der Waals surface area contributed by atoms with Gasteiger partial charge in [-0.2, -0.15) is 11.8 Å². The van der Waals surface area contributed by atoms with E-state index in [-0.39, 0.29) is 16.4 Å². The van der Waals surface area contributed by atoms with Crippen molar-refractivity contribution >= 4 is 17.4 Å². The van der Waals surface area contributed by atoms with Crippen molar-refractivity contribution in [2.45, 2.75) is 43.5 Å². The Hall–Kier alpha value is -1.27. The third kappa shape index (κ3) is 3.16. The topological polar surface area (TPSA) is 66.6 Å². The van der Waals surface area contributed by atoms with Gasteiger partial charge in [-0.3, -0.25) is 15.0 Å². The highest BCUT2D eigenvalue weighted by molar-refractivity contribution is 8.00. The van der Waals surface area contributed by atoms with Crippen LogP contribution in [0.15, 0.2) is 18.2 Å². The van der Waals surface area contributed by atoms with E-state index in [1.165, 1.54) is 43.9 Å². The van der Waals surface area contributed by atoms with Crippen LogP contribution in [0.1, 0.15) is 31.2 Å². The fourth-order valence-corrected chi connectivity index (χ4v) is 4.97. The number of thioether (sulfide) groups is 1. The van der Waals surface area contributed by atoms with Crippen LogP contribution in [-0.4, -0.2) is 38.5 Å². The van der Waals surface area contributed by atoms with E-state index >= 15 is 0 Å². The lowest BCUT2D eigenvalue weighted by molar-refractivity contribution is -0.385. The van der Waals surface area contributed by atoms with Crippen LogP contribution in [0.3, 0.4) is 0 Å². The molecule has 1 heterocycles. The first-order chi connectivity index (χ1) is 10.1. The van der Waals surface area contributed by atoms with Crippen LogP contribution in [0.5, 0.6) is 5.75 Å². The molecular formula is C15H20N2O3S. The molecule has 1 saturated carbocycles. The molecule has 2 aliphatic rings. The number of benzene rings is 1. The van der Waals surface area contributed by atoms with Gasteiger partial charge in [0.15, 0.2) is 0 Å². The third-order valence-electron chi connectivity index (χ3n) is 4.48. The van der Waals surface area contributed by atoms with E-state index in [0.29, 0.717) is 23.4 Å². The number of fused-ring (bicyclic) bond motifs is 1. The number of hydrogen-bond donors (Lipinski definition) is 1. The average molecular weight is 308 g/mol. The van der Waals surface area contributed by atoms with E-state index in [0.717, 1.165) is 12.3 Å². The molecule has 3 rings (SSSR count). The second-order valence-electron chi connectivity index (χ2n) is 5.80. The summed E-state index contributed by atoms with van der Waals surface area (Å²) in [5.74, 6) is 1.19. The van der Waals surface area contributed by atoms with E-state index in [1.54, 1.807) is 0 Å². The average Bonchev–Trinajstić information content (AvgIpc) is 2.47. The maximum atomic E-state index is 11.2. The molecule has 0 spiro atoms. The Morgan fingerprint density at radius 2 is 2.19 bits per heavy atom. The first-order valence-corrected chi connectivity index (χ1v) is 8.52.